The van der Waals surface area contributed by atoms with Gasteiger partial charge in [0.2, 0.25) is 5.91 Å². The van der Waals surface area contributed by atoms with E-state index in [0.717, 1.165) is 64.2 Å². The van der Waals surface area contributed by atoms with E-state index in [0.29, 0.717) is 29.7 Å². The van der Waals surface area contributed by atoms with Gasteiger partial charge in [0, 0.05) is 6.42 Å². The van der Waals surface area contributed by atoms with E-state index in [4.69, 9.17) is 13.8 Å². The summed E-state index contributed by atoms with van der Waals surface area (Å²) in [7, 11) is 1.55. The largest absolute Gasteiger partial charge is 0.472 e. The molecule has 0 aliphatic carbocycles. The molecule has 5 atom stereocenters. The number of phosphoric ester groups is 1. The number of nitrogens with zero attached hydrogens (tertiary/aromatic N) is 1. The molecule has 0 aromatic rings. The molecular weight excluding hydrogens is 639 g/mol. The van der Waals surface area contributed by atoms with Crippen molar-refractivity contribution in [2.75, 3.05) is 40.9 Å². The minimum Gasteiger partial charge on any atom is -0.387 e. The van der Waals surface area contributed by atoms with Crippen LogP contribution in [-0.2, 0) is 23.1 Å². The molecule has 0 spiro atoms. The maximum atomic E-state index is 12.8. The Morgan fingerprint density at radius 1 is 0.796 bits per heavy atom. The molecule has 0 bridgehead atoms. The third-order valence-electron chi connectivity index (χ3n) is 9.09. The van der Waals surface area contributed by atoms with Gasteiger partial charge in [-0.05, 0) is 44.9 Å². The van der Waals surface area contributed by atoms with Crippen molar-refractivity contribution in [2.24, 2.45) is 0 Å². The number of hydrogen-bond acceptors (Lipinski definition) is 6. The SMILES string of the molecule is CCCCCCCCCCC/C=C/[C@@H](O)[C@H](COP(=O)(O)OCC[N+](C)(C)C)NC(=O)CCCCCCC/C=C\CC1OC1CCCCC. The van der Waals surface area contributed by atoms with Crippen molar-refractivity contribution in [2.45, 2.75) is 179 Å². The molecule has 9 nitrogen and oxygen atoms in total. The molecule has 1 saturated heterocycles. The number of rotatable bonds is 34. The van der Waals surface area contributed by atoms with E-state index in [1.807, 2.05) is 27.2 Å². The predicted molar refractivity (Wildman–Crippen MR) is 202 cm³/mol. The number of nitrogens with one attached hydrogen (secondary N) is 1. The summed E-state index contributed by atoms with van der Waals surface area (Å²) in [5.74, 6) is -0.197. The Hall–Kier alpha value is -1.06. The standard InChI is InChI=1S/C39H75N2O7P/c1-6-8-10-11-12-13-14-15-18-21-25-28-36(42)35(34-47-49(44,45)46-33-32-41(3,4)5)40-39(43)31-27-23-20-17-16-19-22-26-30-38-37(48-38)29-24-9-7-2/h22,25-26,28,35-38,42H,6-21,23-24,27,29-34H2,1-5H3,(H-,40,43,44,45)/p+1/b26-22-,28-25+/t35-,36+,37?,38?/m0/s1. The molecule has 0 aromatic carbocycles. The van der Waals surface area contributed by atoms with Crippen molar-refractivity contribution in [3.8, 4) is 0 Å². The van der Waals surface area contributed by atoms with Crippen LogP contribution < -0.4 is 5.32 Å². The number of unbranched alkanes of at least 4 members (excludes halogenated alkanes) is 16. The van der Waals surface area contributed by atoms with Crippen LogP contribution in [0.15, 0.2) is 24.3 Å². The highest BCUT2D eigenvalue weighted by Crippen LogP contribution is 2.43. The number of quaternary nitrogens is 1. The van der Waals surface area contributed by atoms with Crippen molar-refractivity contribution in [3.05, 3.63) is 24.3 Å². The topological polar surface area (TPSA) is 118 Å². The molecule has 1 heterocycles. The number of carbonyl (C=O) groups is 1. The average molecular weight is 716 g/mol. The van der Waals surface area contributed by atoms with Gasteiger partial charge in [0.1, 0.15) is 13.2 Å². The molecule has 0 aromatic heterocycles. The van der Waals surface area contributed by atoms with Crippen LogP contribution in [0.25, 0.3) is 0 Å². The monoisotopic (exact) mass is 716 g/mol. The zero-order valence-electron chi connectivity index (χ0n) is 32.1. The summed E-state index contributed by atoms with van der Waals surface area (Å²) in [4.78, 5) is 23.0. The van der Waals surface area contributed by atoms with Gasteiger partial charge in [0.15, 0.2) is 0 Å². The highest BCUT2D eigenvalue weighted by molar-refractivity contribution is 7.47. The van der Waals surface area contributed by atoms with Crippen LogP contribution in [0.2, 0.25) is 0 Å². The van der Waals surface area contributed by atoms with Crippen LogP contribution >= 0.6 is 7.82 Å². The maximum Gasteiger partial charge on any atom is 0.472 e. The Bertz CT molecular complexity index is 924. The van der Waals surface area contributed by atoms with Crippen LogP contribution in [0.5, 0.6) is 0 Å². The highest BCUT2D eigenvalue weighted by atomic mass is 31.2. The number of likely N-dealkylation sites (N-methyl/N-ethyl adjacent to an activating group) is 1. The van der Waals surface area contributed by atoms with Gasteiger partial charge in [0.25, 0.3) is 0 Å². The minimum atomic E-state index is -4.33. The first-order valence-corrected chi connectivity index (χ1v) is 21.3. The number of allylic oxidation sites excluding steroid dienone is 2. The molecule has 0 saturated carbocycles. The van der Waals surface area contributed by atoms with Gasteiger partial charge in [-0.25, -0.2) is 4.57 Å². The number of carbonyl (C=O) groups excluding carboxylic acids is 1. The van der Waals surface area contributed by atoms with Gasteiger partial charge in [0.05, 0.1) is 52.1 Å². The fourth-order valence-corrected chi connectivity index (χ4v) is 6.49. The van der Waals surface area contributed by atoms with Gasteiger partial charge >= 0.3 is 7.82 Å². The van der Waals surface area contributed by atoms with E-state index < -0.39 is 20.0 Å². The average Bonchev–Trinajstić information content (AvgIpc) is 3.79. The fraction of sp³-hybridized carbons (Fsp3) is 0.872. The lowest BCUT2D eigenvalue weighted by atomic mass is 10.1. The minimum absolute atomic E-state index is 0.0564. The van der Waals surface area contributed by atoms with Gasteiger partial charge < -0.3 is 24.5 Å². The quantitative estimate of drug-likeness (QED) is 0.0200. The van der Waals surface area contributed by atoms with E-state index in [-0.39, 0.29) is 19.1 Å². The molecule has 1 fully saturated rings. The fourth-order valence-electron chi connectivity index (χ4n) is 5.75. The van der Waals surface area contributed by atoms with Crippen LogP contribution in [0.4, 0.5) is 0 Å². The predicted octanol–water partition coefficient (Wildman–Crippen LogP) is 9.17. The van der Waals surface area contributed by atoms with Crippen molar-refractivity contribution in [3.63, 3.8) is 0 Å². The molecule has 1 aliphatic rings. The van der Waals surface area contributed by atoms with Crippen molar-refractivity contribution in [1.82, 2.24) is 5.32 Å². The number of hydrogen-bond donors (Lipinski definition) is 3. The number of aliphatic hydroxyl groups is 1. The van der Waals surface area contributed by atoms with E-state index in [9.17, 15) is 19.4 Å². The number of epoxide rings is 1. The van der Waals surface area contributed by atoms with Crippen LogP contribution in [0.3, 0.4) is 0 Å². The third-order valence-corrected chi connectivity index (χ3v) is 10.1. The molecule has 1 aliphatic heterocycles. The highest BCUT2D eigenvalue weighted by Gasteiger charge is 2.36. The Morgan fingerprint density at radius 2 is 1.37 bits per heavy atom. The summed E-state index contributed by atoms with van der Waals surface area (Å²) in [6, 6.07) is -0.853. The van der Waals surface area contributed by atoms with Crippen LogP contribution in [0.1, 0.15) is 155 Å². The second-order valence-electron chi connectivity index (χ2n) is 15.0. The van der Waals surface area contributed by atoms with Gasteiger partial charge in [-0.1, -0.05) is 128 Å². The van der Waals surface area contributed by atoms with E-state index >= 15 is 0 Å². The molecule has 1 rings (SSSR count). The molecule has 0 radical (unpaired) electrons. The van der Waals surface area contributed by atoms with Crippen molar-refractivity contribution >= 4 is 13.7 Å². The van der Waals surface area contributed by atoms with Gasteiger partial charge in [-0.3, -0.25) is 13.8 Å². The van der Waals surface area contributed by atoms with Gasteiger partial charge in [-0.2, -0.15) is 0 Å². The van der Waals surface area contributed by atoms with E-state index in [1.54, 1.807) is 6.08 Å². The molecule has 3 N–H and O–H groups in total. The zero-order valence-corrected chi connectivity index (χ0v) is 33.0. The second-order valence-corrected chi connectivity index (χ2v) is 16.5. The summed E-state index contributed by atoms with van der Waals surface area (Å²) in [6.07, 6.45) is 32.6. The molecule has 288 valence electrons. The van der Waals surface area contributed by atoms with Crippen LogP contribution in [-0.4, -0.2) is 85.6 Å². The molecule has 49 heavy (non-hydrogen) atoms. The number of phosphoric acid groups is 1. The summed E-state index contributed by atoms with van der Waals surface area (Å²) in [5, 5.41) is 13.7. The Balaban J connectivity index is 2.36. The number of aliphatic hydroxyl groups excluding tert-OH is 1. The summed E-state index contributed by atoms with van der Waals surface area (Å²) >= 11 is 0. The van der Waals surface area contributed by atoms with Gasteiger partial charge in [-0.15, -0.1) is 0 Å². The maximum absolute atomic E-state index is 12.8. The Kier molecular flexibility index (Phi) is 26.7. The zero-order chi connectivity index (χ0) is 36.2. The van der Waals surface area contributed by atoms with Crippen molar-refractivity contribution < 1.29 is 37.6 Å². The van der Waals surface area contributed by atoms with E-state index in [1.165, 1.54) is 70.6 Å². The van der Waals surface area contributed by atoms with Crippen LogP contribution in [0, 0.1) is 0 Å². The first-order valence-electron chi connectivity index (χ1n) is 19.8. The third kappa shape index (κ3) is 28.2. The van der Waals surface area contributed by atoms with E-state index in [2.05, 4.69) is 31.3 Å². The Morgan fingerprint density at radius 3 is 2.00 bits per heavy atom. The first kappa shape index (κ1) is 46.0. The lowest BCUT2D eigenvalue weighted by Gasteiger charge is -2.25. The lowest BCUT2D eigenvalue weighted by Crippen LogP contribution is -2.45. The summed E-state index contributed by atoms with van der Waals surface area (Å²) in [6.45, 7) is 4.73. The Labute approximate surface area is 300 Å². The van der Waals surface area contributed by atoms with Crippen molar-refractivity contribution in [1.29, 1.82) is 0 Å². The number of ether oxygens (including phenoxy) is 1. The molecule has 1 amide bonds. The smallest absolute Gasteiger partial charge is 0.387 e. The lowest BCUT2D eigenvalue weighted by molar-refractivity contribution is -0.870. The molecular formula is C39H76N2O7P+. The summed E-state index contributed by atoms with van der Waals surface area (Å²) < 4.78 is 29.2. The summed E-state index contributed by atoms with van der Waals surface area (Å²) in [5.41, 5.74) is 0. The number of amides is 1. The second kappa shape index (κ2) is 28.5. The first-order chi connectivity index (χ1) is 23.5. The normalized spacial score (nSPS) is 19.0. The molecule has 10 heteroatoms. The molecule has 3 unspecified atom stereocenters.